The van der Waals surface area contributed by atoms with E-state index in [1.807, 2.05) is 0 Å². The fourth-order valence-electron chi connectivity index (χ4n) is 2.50. The van der Waals surface area contributed by atoms with E-state index >= 15 is 0 Å². The fraction of sp³-hybridized carbons (Fsp3) is 0.909. The summed E-state index contributed by atoms with van der Waals surface area (Å²) in [5.41, 5.74) is 0. The van der Waals surface area contributed by atoms with Crippen LogP contribution in [0.3, 0.4) is 0 Å². The maximum absolute atomic E-state index is 4.36. The highest BCUT2D eigenvalue weighted by atomic mass is 15.2. The normalized spacial score (nSPS) is 26.2. The van der Waals surface area contributed by atoms with Gasteiger partial charge in [0, 0.05) is 13.1 Å². The van der Waals surface area contributed by atoms with Crippen LogP contribution < -0.4 is 10.6 Å². The van der Waals surface area contributed by atoms with Gasteiger partial charge in [-0.2, -0.15) is 0 Å². The Morgan fingerprint density at radius 3 is 2.50 bits per heavy atom. The van der Waals surface area contributed by atoms with Gasteiger partial charge in [-0.25, -0.2) is 0 Å². The Morgan fingerprint density at radius 1 is 1.29 bits per heavy atom. The topological polar surface area (TPSA) is 36.4 Å². The number of guanidine groups is 1. The van der Waals surface area contributed by atoms with Crippen LogP contribution in [0.4, 0.5) is 0 Å². The number of hydrogen-bond donors (Lipinski definition) is 2. The van der Waals surface area contributed by atoms with Crippen molar-refractivity contribution in [2.24, 2.45) is 22.7 Å². The van der Waals surface area contributed by atoms with Crippen LogP contribution in [0.15, 0.2) is 4.99 Å². The highest BCUT2D eigenvalue weighted by Crippen LogP contribution is 2.48. The highest BCUT2D eigenvalue weighted by molar-refractivity contribution is 5.81. The second kappa shape index (κ2) is 3.44. The highest BCUT2D eigenvalue weighted by Gasteiger charge is 2.41. The van der Waals surface area contributed by atoms with Gasteiger partial charge < -0.3 is 10.6 Å². The van der Waals surface area contributed by atoms with Crippen LogP contribution in [-0.4, -0.2) is 25.6 Å². The van der Waals surface area contributed by atoms with E-state index in [0.717, 1.165) is 43.3 Å². The van der Waals surface area contributed by atoms with Crippen molar-refractivity contribution in [3.63, 3.8) is 0 Å². The molecule has 0 bridgehead atoms. The first kappa shape index (κ1) is 8.57. The molecule has 2 N–H and O–H groups in total. The molecule has 3 rings (SSSR count). The van der Waals surface area contributed by atoms with Gasteiger partial charge in [-0.1, -0.05) is 0 Å². The molecule has 1 aliphatic heterocycles. The molecular formula is C11H19N3. The predicted molar refractivity (Wildman–Crippen MR) is 57.2 cm³/mol. The number of hydrogen-bond acceptors (Lipinski definition) is 3. The van der Waals surface area contributed by atoms with Crippen molar-refractivity contribution in [3.8, 4) is 0 Å². The Hall–Kier alpha value is -0.730. The van der Waals surface area contributed by atoms with Gasteiger partial charge in [0.05, 0.1) is 6.54 Å². The molecule has 3 aliphatic rings. The summed E-state index contributed by atoms with van der Waals surface area (Å²) < 4.78 is 0. The summed E-state index contributed by atoms with van der Waals surface area (Å²) in [7, 11) is 0. The van der Waals surface area contributed by atoms with E-state index in [1.54, 1.807) is 0 Å². The molecule has 0 aromatic heterocycles. The molecule has 0 aromatic carbocycles. The van der Waals surface area contributed by atoms with Crippen LogP contribution in [0, 0.1) is 17.8 Å². The zero-order valence-corrected chi connectivity index (χ0v) is 8.63. The number of nitrogens with zero attached hydrogens (tertiary/aromatic N) is 1. The third-order valence-corrected chi connectivity index (χ3v) is 3.63. The maximum Gasteiger partial charge on any atom is 0.191 e. The van der Waals surface area contributed by atoms with Gasteiger partial charge in [-0.3, -0.25) is 4.99 Å². The van der Waals surface area contributed by atoms with Crippen molar-refractivity contribution >= 4 is 5.96 Å². The lowest BCUT2D eigenvalue weighted by molar-refractivity contribution is 0.401. The zero-order valence-electron chi connectivity index (χ0n) is 8.63. The van der Waals surface area contributed by atoms with E-state index in [0.29, 0.717) is 0 Å². The van der Waals surface area contributed by atoms with E-state index in [4.69, 9.17) is 0 Å². The fourth-order valence-corrected chi connectivity index (χ4v) is 2.50. The summed E-state index contributed by atoms with van der Waals surface area (Å²) in [5, 5.41) is 6.73. The smallest absolute Gasteiger partial charge is 0.191 e. The van der Waals surface area contributed by atoms with Gasteiger partial charge >= 0.3 is 0 Å². The molecule has 0 aromatic rings. The van der Waals surface area contributed by atoms with Gasteiger partial charge in [0.2, 0.25) is 0 Å². The van der Waals surface area contributed by atoms with Crippen LogP contribution in [0.25, 0.3) is 0 Å². The number of rotatable bonds is 4. The summed E-state index contributed by atoms with van der Waals surface area (Å²) in [5.74, 6) is 4.06. The molecule has 3 heteroatoms. The zero-order chi connectivity index (χ0) is 9.38. The third kappa shape index (κ3) is 1.86. The average Bonchev–Trinajstić information content (AvgIpc) is 3.09. The third-order valence-electron chi connectivity index (χ3n) is 3.63. The number of nitrogens with one attached hydrogen (secondary N) is 2. The first-order chi connectivity index (χ1) is 6.93. The quantitative estimate of drug-likeness (QED) is 0.698. The minimum Gasteiger partial charge on any atom is -0.356 e. The van der Waals surface area contributed by atoms with Crippen LogP contribution in [0.5, 0.6) is 0 Å². The van der Waals surface area contributed by atoms with Crippen molar-refractivity contribution < 1.29 is 0 Å². The molecule has 14 heavy (non-hydrogen) atoms. The molecule has 0 amide bonds. The molecule has 0 unspecified atom stereocenters. The predicted octanol–water partition coefficient (Wildman–Crippen LogP) is 0.971. The first-order valence-corrected chi connectivity index (χ1v) is 5.95. The Balaban J connectivity index is 1.48. The van der Waals surface area contributed by atoms with Crippen molar-refractivity contribution in [1.82, 2.24) is 10.6 Å². The molecule has 1 heterocycles. The molecule has 2 fully saturated rings. The second-order valence-corrected chi connectivity index (χ2v) is 4.88. The Kier molecular flexibility index (Phi) is 2.11. The van der Waals surface area contributed by atoms with E-state index in [2.05, 4.69) is 15.6 Å². The van der Waals surface area contributed by atoms with Crippen LogP contribution in [0.2, 0.25) is 0 Å². The molecule has 2 aliphatic carbocycles. The van der Waals surface area contributed by atoms with Crippen molar-refractivity contribution in [2.45, 2.75) is 25.7 Å². The van der Waals surface area contributed by atoms with E-state index in [1.165, 1.54) is 25.7 Å². The summed E-state index contributed by atoms with van der Waals surface area (Å²) in [6.07, 6.45) is 5.90. The van der Waals surface area contributed by atoms with Crippen LogP contribution in [0.1, 0.15) is 25.7 Å². The van der Waals surface area contributed by atoms with Gasteiger partial charge in [-0.15, -0.1) is 0 Å². The Morgan fingerprint density at radius 2 is 2.00 bits per heavy atom. The number of aliphatic imine (C=N–C) groups is 1. The van der Waals surface area contributed by atoms with Gasteiger partial charge in [0.1, 0.15) is 0 Å². The van der Waals surface area contributed by atoms with Crippen LogP contribution >= 0.6 is 0 Å². The molecule has 78 valence electrons. The molecule has 0 spiro atoms. The lowest BCUT2D eigenvalue weighted by atomic mass is 9.98. The standard InChI is InChI=1S/C11H19N3/c1-2-8(1)10(9-3-4-9)7-14-11-12-5-6-13-11/h8-10H,1-7H2,(H2,12,13,14). The Labute approximate surface area is 85.4 Å². The average molecular weight is 193 g/mol. The molecule has 2 saturated carbocycles. The molecular weight excluding hydrogens is 174 g/mol. The molecule has 0 radical (unpaired) electrons. The van der Waals surface area contributed by atoms with E-state index in [9.17, 15) is 0 Å². The molecule has 3 nitrogen and oxygen atoms in total. The van der Waals surface area contributed by atoms with Crippen molar-refractivity contribution in [1.29, 1.82) is 0 Å². The monoisotopic (exact) mass is 193 g/mol. The van der Waals surface area contributed by atoms with Crippen LogP contribution in [-0.2, 0) is 0 Å². The Bertz CT molecular complexity index is 229. The van der Waals surface area contributed by atoms with E-state index in [-0.39, 0.29) is 0 Å². The summed E-state index contributed by atoms with van der Waals surface area (Å²) in [6.45, 7) is 3.11. The second-order valence-electron chi connectivity index (χ2n) is 4.88. The van der Waals surface area contributed by atoms with Gasteiger partial charge in [-0.05, 0) is 43.4 Å². The SMILES string of the molecule is C1CNC(NCC(C2CC2)C2CC2)=N1. The van der Waals surface area contributed by atoms with Gasteiger partial charge in [0.25, 0.3) is 0 Å². The maximum atomic E-state index is 4.36. The summed E-state index contributed by atoms with van der Waals surface area (Å²) in [4.78, 5) is 4.36. The summed E-state index contributed by atoms with van der Waals surface area (Å²) >= 11 is 0. The minimum absolute atomic E-state index is 0.944. The molecule has 0 atom stereocenters. The molecule has 0 saturated heterocycles. The summed E-state index contributed by atoms with van der Waals surface area (Å²) in [6, 6.07) is 0. The van der Waals surface area contributed by atoms with Gasteiger partial charge in [0.15, 0.2) is 5.96 Å². The van der Waals surface area contributed by atoms with Crippen molar-refractivity contribution in [3.05, 3.63) is 0 Å². The largest absolute Gasteiger partial charge is 0.356 e. The minimum atomic E-state index is 0.944. The first-order valence-electron chi connectivity index (χ1n) is 5.95. The van der Waals surface area contributed by atoms with E-state index < -0.39 is 0 Å². The lowest BCUT2D eigenvalue weighted by Crippen LogP contribution is -2.37. The lowest BCUT2D eigenvalue weighted by Gasteiger charge is -2.16. The van der Waals surface area contributed by atoms with Crippen molar-refractivity contribution in [2.75, 3.05) is 19.6 Å².